The molecule has 1 aliphatic carbocycles. The van der Waals surface area contributed by atoms with Crippen LogP contribution in [0, 0.1) is 18.8 Å². The molecule has 0 saturated heterocycles. The Kier molecular flexibility index (Phi) is 11.0. The molecule has 5 heterocycles. The van der Waals surface area contributed by atoms with E-state index in [-0.39, 0.29) is 26.5 Å². The third kappa shape index (κ3) is 6.98. The molecule has 358 valence electrons. The molecule has 8 heteroatoms. The molecule has 1 atom stereocenters. The second-order valence-corrected chi connectivity index (χ2v) is 26.4. The molecule has 0 bridgehead atoms. The molecule has 73 heavy (non-hydrogen) atoms. The number of hydrogen-bond donors (Lipinski definition) is 0. The Morgan fingerprint density at radius 3 is 1.93 bits per heavy atom. The van der Waals surface area contributed by atoms with Crippen molar-refractivity contribution in [2.45, 2.75) is 38.1 Å². The van der Waals surface area contributed by atoms with Crippen molar-refractivity contribution in [2.75, 3.05) is 16.5 Å². The number of fused-ring (bicyclic) bond motifs is 7. The molecule has 2 aromatic heterocycles. The van der Waals surface area contributed by atoms with Crippen molar-refractivity contribution in [1.82, 2.24) is 9.55 Å². The smallest absolute Gasteiger partial charge is 0.135 e. The van der Waals surface area contributed by atoms with E-state index in [9.17, 15) is 0 Å². The Bertz CT molecular complexity index is 3740. The zero-order valence-corrected chi connectivity index (χ0v) is 45.1. The average Bonchev–Trinajstić information content (AvgIpc) is 4.07. The molecule has 0 amide bonds. The third-order valence-corrected chi connectivity index (χ3v) is 23.5. The SMILES string of the molecule is CP1c2ccccc2[Si]2(c3ccccc31)c1cc(Oc3[c-]c(N4[CH-]N(c5c(-c6ccccc6)cccc5-c5ccccc5)c5ccccc54)ccc3)[c-]c3c1c1c(n3-c3cc(C(C)(C)C)ccn3)C=CCC12.[Pt]. The Labute approximate surface area is 444 Å². The Morgan fingerprint density at radius 1 is 0.644 bits per heavy atom. The van der Waals surface area contributed by atoms with E-state index in [2.05, 4.69) is 255 Å². The molecule has 0 saturated carbocycles. The van der Waals surface area contributed by atoms with Gasteiger partial charge in [0.2, 0.25) is 0 Å². The summed E-state index contributed by atoms with van der Waals surface area (Å²) in [5.41, 5.74) is 13.9. The van der Waals surface area contributed by atoms with E-state index in [1.165, 1.54) is 38.0 Å². The summed E-state index contributed by atoms with van der Waals surface area (Å²) in [5, 5.41) is 8.83. The van der Waals surface area contributed by atoms with Crippen molar-refractivity contribution in [3.63, 3.8) is 0 Å². The van der Waals surface area contributed by atoms with E-state index < -0.39 is 16.0 Å². The van der Waals surface area contributed by atoms with Crippen LogP contribution < -0.4 is 40.7 Å². The summed E-state index contributed by atoms with van der Waals surface area (Å²) < 4.78 is 9.58. The largest absolute Gasteiger partial charge is 0.509 e. The van der Waals surface area contributed by atoms with Gasteiger partial charge in [-0.25, -0.2) is 4.98 Å². The molecular weight excluding hydrogens is 1110 g/mol. The summed E-state index contributed by atoms with van der Waals surface area (Å²) in [6.07, 6.45) is 7.72. The number of benzene rings is 8. The first kappa shape index (κ1) is 45.8. The normalized spacial score (nSPS) is 17.9. The van der Waals surface area contributed by atoms with Gasteiger partial charge in [0.25, 0.3) is 0 Å². The van der Waals surface area contributed by atoms with Gasteiger partial charge in [-0.2, -0.15) is 6.07 Å². The average molecular weight is 1160 g/mol. The summed E-state index contributed by atoms with van der Waals surface area (Å²) in [6.45, 7) is 11.5. The van der Waals surface area contributed by atoms with Crippen LogP contribution in [0.5, 0.6) is 11.5 Å². The topological polar surface area (TPSA) is 33.5 Å². The van der Waals surface area contributed by atoms with E-state index in [4.69, 9.17) is 9.72 Å². The number of pyridine rings is 1. The van der Waals surface area contributed by atoms with Crippen LogP contribution in [-0.2, 0) is 26.5 Å². The van der Waals surface area contributed by atoms with Gasteiger partial charge < -0.3 is 19.1 Å². The van der Waals surface area contributed by atoms with Crippen LogP contribution in [0.3, 0.4) is 0 Å². The van der Waals surface area contributed by atoms with Crippen molar-refractivity contribution >= 4 is 81.9 Å². The van der Waals surface area contributed by atoms with Gasteiger partial charge in [0, 0.05) is 72.6 Å². The second-order valence-electron chi connectivity index (χ2n) is 20.4. The van der Waals surface area contributed by atoms with E-state index in [1.807, 2.05) is 12.3 Å². The predicted molar refractivity (Wildman–Crippen MR) is 302 cm³/mol. The Morgan fingerprint density at radius 2 is 1.26 bits per heavy atom. The van der Waals surface area contributed by atoms with E-state index in [0.717, 1.165) is 62.8 Å². The summed E-state index contributed by atoms with van der Waals surface area (Å²) >= 11 is 0. The fraction of sp³-hybridized carbons (Fsp3) is 0.108. The first-order valence-electron chi connectivity index (χ1n) is 25.0. The second kappa shape index (κ2) is 17.6. The number of para-hydroxylation sites is 3. The first-order chi connectivity index (χ1) is 35.3. The van der Waals surface area contributed by atoms with Gasteiger partial charge >= 0.3 is 0 Å². The number of aromatic nitrogens is 2. The van der Waals surface area contributed by atoms with E-state index >= 15 is 0 Å². The fourth-order valence-electron chi connectivity index (χ4n) is 12.4. The molecule has 3 aliphatic heterocycles. The third-order valence-electron chi connectivity index (χ3n) is 15.5. The Balaban J connectivity index is 0.00000516. The van der Waals surface area contributed by atoms with Crippen molar-refractivity contribution in [2.24, 2.45) is 0 Å². The number of anilines is 4. The number of hydrogen-bond acceptors (Lipinski definition) is 4. The Hall–Kier alpha value is -7.07. The molecule has 10 aromatic rings. The van der Waals surface area contributed by atoms with Gasteiger partial charge in [0.1, 0.15) is 13.9 Å². The number of allylic oxidation sites excluding steroid dienone is 1. The van der Waals surface area contributed by atoms with Crippen molar-refractivity contribution < 1.29 is 25.8 Å². The molecular formula is C65H50N4OPPtSi-3. The van der Waals surface area contributed by atoms with Crippen molar-refractivity contribution in [1.29, 1.82) is 0 Å². The maximum Gasteiger partial charge on any atom is 0.135 e. The molecule has 0 fully saturated rings. The van der Waals surface area contributed by atoms with Gasteiger partial charge in [0.05, 0.1) is 0 Å². The number of ether oxygens (including phenoxy) is 1. The monoisotopic (exact) mass is 1160 g/mol. The zero-order valence-electron chi connectivity index (χ0n) is 41.0. The quantitative estimate of drug-likeness (QED) is 0.0905. The minimum Gasteiger partial charge on any atom is -0.509 e. The van der Waals surface area contributed by atoms with Crippen LogP contribution >= 0.6 is 7.92 Å². The van der Waals surface area contributed by atoms with E-state index in [0.29, 0.717) is 17.0 Å². The van der Waals surface area contributed by atoms with Gasteiger partial charge in [-0.15, -0.1) is 53.3 Å². The van der Waals surface area contributed by atoms with E-state index in [1.54, 1.807) is 10.4 Å². The molecule has 0 N–H and O–H groups in total. The molecule has 1 spiro atoms. The van der Waals surface area contributed by atoms with Gasteiger partial charge in [0.15, 0.2) is 0 Å². The molecule has 0 radical (unpaired) electrons. The molecule has 8 aromatic carbocycles. The van der Waals surface area contributed by atoms with Crippen molar-refractivity contribution in [3.05, 3.63) is 236 Å². The summed E-state index contributed by atoms with van der Waals surface area (Å²) in [4.78, 5) is 9.70. The molecule has 1 unspecified atom stereocenters. The summed E-state index contributed by atoms with van der Waals surface area (Å²) in [6, 6.07) is 76.2. The minimum absolute atomic E-state index is 0. The molecule has 4 aliphatic rings. The van der Waals surface area contributed by atoms with Crippen LogP contribution in [-0.4, -0.2) is 24.3 Å². The zero-order chi connectivity index (χ0) is 48.3. The van der Waals surface area contributed by atoms with Crippen LogP contribution in [0.2, 0.25) is 0 Å². The number of nitrogens with zero attached hydrogens (tertiary/aromatic N) is 4. The molecule has 5 nitrogen and oxygen atoms in total. The van der Waals surface area contributed by atoms with Gasteiger partial charge in [-0.05, 0) is 100.0 Å². The van der Waals surface area contributed by atoms with Gasteiger partial charge in [-0.1, -0.05) is 177 Å². The van der Waals surface area contributed by atoms with Crippen LogP contribution in [0.4, 0.5) is 22.7 Å². The van der Waals surface area contributed by atoms with Crippen LogP contribution in [0.1, 0.15) is 49.6 Å². The first-order valence-corrected chi connectivity index (χ1v) is 28.8. The van der Waals surface area contributed by atoms with Crippen molar-refractivity contribution in [3.8, 4) is 39.6 Å². The summed E-state index contributed by atoms with van der Waals surface area (Å²) in [7, 11) is -3.28. The van der Waals surface area contributed by atoms with Crippen LogP contribution in [0.15, 0.2) is 200 Å². The minimum atomic E-state index is -2.75. The van der Waals surface area contributed by atoms with Crippen LogP contribution in [0.25, 0.3) is 45.1 Å². The van der Waals surface area contributed by atoms with Gasteiger partial charge in [-0.3, -0.25) is 0 Å². The summed E-state index contributed by atoms with van der Waals surface area (Å²) in [5.74, 6) is 2.21. The predicted octanol–water partition coefficient (Wildman–Crippen LogP) is 13.4. The standard InChI is InChI=1S/C65H50N4OPSi.Pt/c1-65(2,3)45-36-37-66-61(38-45)69-53-30-19-35-59-62(53)63-54(69)40-48(41-60(63)72(59)57-33-15-13-31-55(57)71(4)56-32-14-16-34-58(56)72)70-47-25-17-24-46(39-47)67-42-68(52-29-12-11-28-51(52)67)64-49(43-20-7-5-8-21-43)26-18-27-50(64)44-22-9-6-10-23-44;/h5-34,36-38,41-42,59H,35H2,1-4H3;/q-3;. The molecule has 14 rings (SSSR count). The number of rotatable bonds is 7. The fourth-order valence-corrected chi connectivity index (χ4v) is 22.1. The maximum atomic E-state index is 7.21. The maximum absolute atomic E-state index is 7.21.